The van der Waals surface area contributed by atoms with Gasteiger partial charge in [-0.2, -0.15) is 0 Å². The summed E-state index contributed by atoms with van der Waals surface area (Å²) in [6, 6.07) is 5.10. The van der Waals surface area contributed by atoms with Crippen LogP contribution in [0.2, 0.25) is 0 Å². The molecule has 1 aromatic rings. The molecule has 0 aromatic heterocycles. The molecule has 0 radical (unpaired) electrons. The maximum absolute atomic E-state index is 11.6. The van der Waals surface area contributed by atoms with Crippen molar-refractivity contribution in [3.05, 3.63) is 23.8 Å². The molecular weight excluding hydrogens is 216 g/mol. The Kier molecular flexibility index (Phi) is 4.97. The van der Waals surface area contributed by atoms with Crippen LogP contribution in [-0.2, 0) is 4.79 Å². The quantitative estimate of drug-likeness (QED) is 0.732. The third-order valence-corrected chi connectivity index (χ3v) is 2.76. The van der Waals surface area contributed by atoms with Gasteiger partial charge in [0.15, 0.2) is 0 Å². The SMILES string of the molecule is Cc1ccc(NC(=O)CCC(C)CN)cc1O. The molecule has 94 valence electrons. The summed E-state index contributed by atoms with van der Waals surface area (Å²) in [5.41, 5.74) is 6.90. The molecule has 1 aromatic carbocycles. The molecule has 0 bridgehead atoms. The Hall–Kier alpha value is -1.55. The first-order valence-electron chi connectivity index (χ1n) is 5.82. The van der Waals surface area contributed by atoms with Gasteiger partial charge in [0.1, 0.15) is 5.75 Å². The van der Waals surface area contributed by atoms with E-state index >= 15 is 0 Å². The summed E-state index contributed by atoms with van der Waals surface area (Å²) in [4.78, 5) is 11.6. The molecule has 0 saturated heterocycles. The topological polar surface area (TPSA) is 75.4 Å². The number of carbonyl (C=O) groups is 1. The van der Waals surface area contributed by atoms with Crippen molar-refractivity contribution in [2.45, 2.75) is 26.7 Å². The molecule has 4 heteroatoms. The number of nitrogens with two attached hydrogens (primary N) is 1. The number of aryl methyl sites for hydroxylation is 1. The Labute approximate surface area is 102 Å². The summed E-state index contributed by atoms with van der Waals surface area (Å²) in [6.45, 7) is 4.42. The lowest BCUT2D eigenvalue weighted by molar-refractivity contribution is -0.116. The average molecular weight is 236 g/mol. The third kappa shape index (κ3) is 4.44. The van der Waals surface area contributed by atoms with Crippen LogP contribution in [0.4, 0.5) is 5.69 Å². The molecule has 1 atom stereocenters. The number of rotatable bonds is 5. The minimum absolute atomic E-state index is 0.0476. The molecule has 4 nitrogen and oxygen atoms in total. The largest absolute Gasteiger partial charge is 0.508 e. The van der Waals surface area contributed by atoms with Gasteiger partial charge in [0, 0.05) is 18.2 Å². The lowest BCUT2D eigenvalue weighted by Gasteiger charge is -2.09. The highest BCUT2D eigenvalue weighted by Gasteiger charge is 2.06. The number of hydrogen-bond acceptors (Lipinski definition) is 3. The summed E-state index contributed by atoms with van der Waals surface area (Å²) >= 11 is 0. The summed E-state index contributed by atoms with van der Waals surface area (Å²) in [7, 11) is 0. The van der Waals surface area contributed by atoms with Crippen LogP contribution in [0.5, 0.6) is 5.75 Å². The Morgan fingerprint density at radius 2 is 2.24 bits per heavy atom. The molecule has 0 heterocycles. The number of benzene rings is 1. The Bertz CT molecular complexity index is 391. The Balaban J connectivity index is 2.48. The molecule has 0 aliphatic rings. The first kappa shape index (κ1) is 13.5. The van der Waals surface area contributed by atoms with Crippen LogP contribution in [0, 0.1) is 12.8 Å². The highest BCUT2D eigenvalue weighted by atomic mass is 16.3. The number of aromatic hydroxyl groups is 1. The number of phenolic OH excluding ortho intramolecular Hbond substituents is 1. The molecule has 1 amide bonds. The van der Waals surface area contributed by atoms with E-state index in [-0.39, 0.29) is 11.7 Å². The number of amides is 1. The summed E-state index contributed by atoms with van der Waals surface area (Å²) in [5.74, 6) is 0.499. The lowest BCUT2D eigenvalue weighted by Crippen LogP contribution is -2.16. The van der Waals surface area contributed by atoms with E-state index in [2.05, 4.69) is 5.32 Å². The molecule has 4 N–H and O–H groups in total. The van der Waals surface area contributed by atoms with E-state index in [1.165, 1.54) is 0 Å². The van der Waals surface area contributed by atoms with E-state index in [0.717, 1.165) is 12.0 Å². The van der Waals surface area contributed by atoms with Crippen molar-refractivity contribution in [2.24, 2.45) is 11.7 Å². The summed E-state index contributed by atoms with van der Waals surface area (Å²) < 4.78 is 0. The summed E-state index contributed by atoms with van der Waals surface area (Å²) in [5, 5.41) is 12.3. The van der Waals surface area contributed by atoms with E-state index in [9.17, 15) is 9.90 Å². The van der Waals surface area contributed by atoms with Crippen molar-refractivity contribution in [3.63, 3.8) is 0 Å². The number of phenols is 1. The van der Waals surface area contributed by atoms with E-state index < -0.39 is 0 Å². The molecular formula is C13H20N2O2. The van der Waals surface area contributed by atoms with Crippen molar-refractivity contribution in [3.8, 4) is 5.75 Å². The molecule has 0 aliphatic carbocycles. The normalized spacial score (nSPS) is 12.2. The number of anilines is 1. The van der Waals surface area contributed by atoms with Gasteiger partial charge in [-0.1, -0.05) is 13.0 Å². The van der Waals surface area contributed by atoms with Gasteiger partial charge in [-0.3, -0.25) is 4.79 Å². The van der Waals surface area contributed by atoms with Crippen molar-refractivity contribution < 1.29 is 9.90 Å². The summed E-state index contributed by atoms with van der Waals surface area (Å²) in [6.07, 6.45) is 1.23. The zero-order chi connectivity index (χ0) is 12.8. The van der Waals surface area contributed by atoms with Crippen LogP contribution in [-0.4, -0.2) is 17.6 Å². The fraction of sp³-hybridized carbons (Fsp3) is 0.462. The van der Waals surface area contributed by atoms with Gasteiger partial charge in [-0.15, -0.1) is 0 Å². The minimum Gasteiger partial charge on any atom is -0.508 e. The van der Waals surface area contributed by atoms with Gasteiger partial charge in [0.05, 0.1) is 0 Å². The van der Waals surface area contributed by atoms with Gasteiger partial charge in [-0.05, 0) is 37.4 Å². The maximum Gasteiger partial charge on any atom is 0.224 e. The van der Waals surface area contributed by atoms with E-state index in [1.807, 2.05) is 13.8 Å². The lowest BCUT2D eigenvalue weighted by atomic mass is 10.1. The fourth-order valence-corrected chi connectivity index (χ4v) is 1.41. The third-order valence-electron chi connectivity index (χ3n) is 2.76. The first-order valence-corrected chi connectivity index (χ1v) is 5.82. The zero-order valence-electron chi connectivity index (χ0n) is 10.4. The monoisotopic (exact) mass is 236 g/mol. The zero-order valence-corrected chi connectivity index (χ0v) is 10.4. The van der Waals surface area contributed by atoms with Crippen molar-refractivity contribution in [1.29, 1.82) is 0 Å². The van der Waals surface area contributed by atoms with Gasteiger partial charge in [0.2, 0.25) is 5.91 Å². The molecule has 0 fully saturated rings. The number of carbonyl (C=O) groups excluding carboxylic acids is 1. The molecule has 0 spiro atoms. The van der Waals surface area contributed by atoms with Crippen LogP contribution in [0.25, 0.3) is 0 Å². The number of nitrogens with one attached hydrogen (secondary N) is 1. The Morgan fingerprint density at radius 3 is 2.82 bits per heavy atom. The Morgan fingerprint density at radius 1 is 1.53 bits per heavy atom. The standard InChI is InChI=1S/C13H20N2O2/c1-9(8-14)3-6-13(17)15-11-5-4-10(2)12(16)7-11/h4-5,7,9,16H,3,6,8,14H2,1-2H3,(H,15,17). The number of hydrogen-bond donors (Lipinski definition) is 3. The van der Waals surface area contributed by atoms with E-state index in [4.69, 9.17) is 5.73 Å². The van der Waals surface area contributed by atoms with Crippen LogP contribution >= 0.6 is 0 Å². The second-order valence-corrected chi connectivity index (χ2v) is 4.43. The second-order valence-electron chi connectivity index (χ2n) is 4.43. The van der Waals surface area contributed by atoms with Crippen LogP contribution in [0.15, 0.2) is 18.2 Å². The predicted octanol–water partition coefficient (Wildman–Crippen LogP) is 2.01. The predicted molar refractivity (Wildman–Crippen MR) is 68.9 cm³/mol. The van der Waals surface area contributed by atoms with Gasteiger partial charge in [0.25, 0.3) is 0 Å². The highest BCUT2D eigenvalue weighted by Crippen LogP contribution is 2.21. The van der Waals surface area contributed by atoms with Gasteiger partial charge in [-0.25, -0.2) is 0 Å². The van der Waals surface area contributed by atoms with Crippen molar-refractivity contribution in [1.82, 2.24) is 0 Å². The van der Waals surface area contributed by atoms with E-state index in [0.29, 0.717) is 24.6 Å². The molecule has 1 rings (SSSR count). The van der Waals surface area contributed by atoms with Crippen LogP contribution in [0.3, 0.4) is 0 Å². The average Bonchev–Trinajstić information content (AvgIpc) is 2.31. The molecule has 0 aliphatic heterocycles. The first-order chi connectivity index (χ1) is 8.02. The minimum atomic E-state index is -0.0476. The maximum atomic E-state index is 11.6. The van der Waals surface area contributed by atoms with Crippen LogP contribution < -0.4 is 11.1 Å². The second kappa shape index (κ2) is 6.25. The highest BCUT2D eigenvalue weighted by molar-refractivity contribution is 5.90. The molecule has 0 saturated carbocycles. The smallest absolute Gasteiger partial charge is 0.224 e. The molecule has 1 unspecified atom stereocenters. The van der Waals surface area contributed by atoms with Gasteiger partial charge < -0.3 is 16.2 Å². The van der Waals surface area contributed by atoms with Crippen LogP contribution in [0.1, 0.15) is 25.3 Å². The fourth-order valence-electron chi connectivity index (χ4n) is 1.41. The van der Waals surface area contributed by atoms with Crippen molar-refractivity contribution in [2.75, 3.05) is 11.9 Å². The van der Waals surface area contributed by atoms with Gasteiger partial charge >= 0.3 is 0 Å². The van der Waals surface area contributed by atoms with Crippen molar-refractivity contribution >= 4 is 11.6 Å². The molecule has 17 heavy (non-hydrogen) atoms. The van der Waals surface area contributed by atoms with E-state index in [1.54, 1.807) is 18.2 Å².